The summed E-state index contributed by atoms with van der Waals surface area (Å²) < 4.78 is 14.2. The number of aliphatic hydroxyl groups excluding tert-OH is 1. The maximum absolute atomic E-state index is 14.2. The van der Waals surface area contributed by atoms with Gasteiger partial charge in [0, 0.05) is 12.5 Å². The van der Waals surface area contributed by atoms with Crippen LogP contribution in [-0.4, -0.2) is 10.0 Å². The average Bonchev–Trinajstić information content (AvgIpc) is 2.81. The van der Waals surface area contributed by atoms with E-state index in [4.69, 9.17) is 0 Å². The minimum atomic E-state index is -0.846. The highest BCUT2D eigenvalue weighted by atomic mass is 19.1. The number of nitro benzene ring substituents is 1. The van der Waals surface area contributed by atoms with Crippen LogP contribution in [0.25, 0.3) is 0 Å². The molecule has 3 saturated carbocycles. The zero-order chi connectivity index (χ0) is 22.8. The molecule has 0 amide bonds. The molecule has 0 aromatic heterocycles. The molecular formula is C27H34FNO3. The molecule has 0 aliphatic heterocycles. The molecule has 1 N–H and O–H groups in total. The van der Waals surface area contributed by atoms with Crippen molar-refractivity contribution in [2.24, 2.45) is 5.41 Å². The van der Waals surface area contributed by atoms with Crippen LogP contribution in [-0.2, 0) is 11.8 Å². The highest BCUT2D eigenvalue weighted by molar-refractivity contribution is 5.36. The van der Waals surface area contributed by atoms with Crippen LogP contribution >= 0.6 is 0 Å². The van der Waals surface area contributed by atoms with Gasteiger partial charge in [0.25, 0.3) is 5.69 Å². The van der Waals surface area contributed by atoms with Gasteiger partial charge in [-0.05, 0) is 78.5 Å². The first kappa shape index (κ1) is 22.9. The van der Waals surface area contributed by atoms with Gasteiger partial charge in [0.1, 0.15) is 5.82 Å². The summed E-state index contributed by atoms with van der Waals surface area (Å²) in [6.07, 6.45) is 12.4. The van der Waals surface area contributed by atoms with E-state index in [-0.39, 0.29) is 23.1 Å². The van der Waals surface area contributed by atoms with Crippen LogP contribution in [0.4, 0.5) is 10.1 Å². The highest BCUT2D eigenvalue weighted by Gasteiger charge is 2.48. The first-order chi connectivity index (χ1) is 15.4. The molecule has 3 aliphatic carbocycles. The molecule has 32 heavy (non-hydrogen) atoms. The van der Waals surface area contributed by atoms with Crippen LogP contribution in [0.15, 0.2) is 42.5 Å². The summed E-state index contributed by atoms with van der Waals surface area (Å²) in [5.74, 6) is -0.652. The molecule has 0 radical (unpaired) electrons. The van der Waals surface area contributed by atoms with E-state index in [1.54, 1.807) is 0 Å². The van der Waals surface area contributed by atoms with Crippen molar-refractivity contribution in [2.45, 2.75) is 89.1 Å². The molecule has 2 bridgehead atoms. The van der Waals surface area contributed by atoms with Gasteiger partial charge < -0.3 is 5.11 Å². The van der Waals surface area contributed by atoms with Crippen molar-refractivity contribution in [2.75, 3.05) is 0 Å². The second-order valence-electron chi connectivity index (χ2n) is 10.1. The molecular weight excluding hydrogens is 405 g/mol. The van der Waals surface area contributed by atoms with Crippen LogP contribution in [0, 0.1) is 21.3 Å². The zero-order valence-electron chi connectivity index (χ0n) is 19.0. The number of nitrogens with zero attached hydrogens (tertiary/aromatic N) is 1. The summed E-state index contributed by atoms with van der Waals surface area (Å²) in [6, 6.07) is 11.8. The SMILES string of the molecule is CCCCCC12CCC(c3ccc(C(O)Cc4ccc([N+](=O)[O-])cc4F)cc3)(CC1)CC2. The van der Waals surface area contributed by atoms with Crippen molar-refractivity contribution in [3.8, 4) is 0 Å². The minimum absolute atomic E-state index is 0.0919. The maximum atomic E-state index is 14.2. The summed E-state index contributed by atoms with van der Waals surface area (Å²) >= 11 is 0. The van der Waals surface area contributed by atoms with Crippen LogP contribution in [0.3, 0.4) is 0 Å². The van der Waals surface area contributed by atoms with Gasteiger partial charge in [-0.2, -0.15) is 0 Å². The summed E-state index contributed by atoms with van der Waals surface area (Å²) in [6.45, 7) is 2.27. The van der Waals surface area contributed by atoms with Gasteiger partial charge in [-0.3, -0.25) is 10.1 Å². The van der Waals surface area contributed by atoms with Crippen molar-refractivity contribution >= 4 is 5.69 Å². The van der Waals surface area contributed by atoms with E-state index in [0.717, 1.165) is 11.6 Å². The van der Waals surface area contributed by atoms with Crippen molar-refractivity contribution in [1.29, 1.82) is 0 Å². The fraction of sp³-hybridized carbons (Fsp3) is 0.556. The average molecular weight is 440 g/mol. The van der Waals surface area contributed by atoms with Crippen LogP contribution in [0.2, 0.25) is 0 Å². The third-order valence-electron chi connectivity index (χ3n) is 8.28. The molecule has 2 aromatic rings. The van der Waals surface area contributed by atoms with Gasteiger partial charge in [-0.15, -0.1) is 0 Å². The Labute approximate surface area is 190 Å². The topological polar surface area (TPSA) is 63.4 Å². The van der Waals surface area contributed by atoms with Crippen LogP contribution in [0.1, 0.15) is 93.9 Å². The monoisotopic (exact) mass is 439 g/mol. The lowest BCUT2D eigenvalue weighted by atomic mass is 9.51. The molecule has 3 aliphatic rings. The second kappa shape index (κ2) is 9.30. The fourth-order valence-electron chi connectivity index (χ4n) is 6.02. The Bertz CT molecular complexity index is 931. The van der Waals surface area contributed by atoms with Crippen LogP contribution < -0.4 is 0 Å². The van der Waals surface area contributed by atoms with Gasteiger partial charge in [0.2, 0.25) is 0 Å². The largest absolute Gasteiger partial charge is 0.388 e. The number of benzene rings is 2. The highest BCUT2D eigenvalue weighted by Crippen LogP contribution is 2.59. The van der Waals surface area contributed by atoms with E-state index in [1.165, 1.54) is 81.9 Å². The number of fused-ring (bicyclic) bond motifs is 3. The standard InChI is InChI=1S/C27H34FNO3/c1-2-3-4-11-26-12-15-27(16-13-26,17-14-26)22-8-5-20(6-9-22)25(30)18-21-7-10-23(29(31)32)19-24(21)28/h5-10,19,25,30H,2-4,11-18H2,1H3. The quantitative estimate of drug-likeness (QED) is 0.256. The normalized spacial score (nSPS) is 25.6. The lowest BCUT2D eigenvalue weighted by molar-refractivity contribution is -0.385. The Hall–Kier alpha value is -2.27. The molecule has 1 atom stereocenters. The number of halogens is 1. The number of unbranched alkanes of at least 4 members (excludes halogenated alkanes) is 2. The first-order valence-electron chi connectivity index (χ1n) is 12.1. The second-order valence-corrected chi connectivity index (χ2v) is 10.1. The minimum Gasteiger partial charge on any atom is -0.388 e. The molecule has 1 unspecified atom stereocenters. The molecule has 0 heterocycles. The number of hydrogen-bond acceptors (Lipinski definition) is 3. The lowest BCUT2D eigenvalue weighted by Gasteiger charge is -2.54. The number of rotatable bonds is 9. The van der Waals surface area contributed by atoms with Gasteiger partial charge in [0.05, 0.1) is 17.1 Å². The predicted octanol–water partition coefficient (Wildman–Crippen LogP) is 7.18. The third-order valence-corrected chi connectivity index (χ3v) is 8.28. The molecule has 2 aromatic carbocycles. The number of non-ortho nitro benzene ring substituents is 1. The Balaban J connectivity index is 1.40. The molecule has 0 saturated heterocycles. The summed E-state index contributed by atoms with van der Waals surface area (Å²) in [5, 5.41) is 21.4. The van der Waals surface area contributed by atoms with Gasteiger partial charge in [-0.25, -0.2) is 4.39 Å². The summed E-state index contributed by atoms with van der Waals surface area (Å²) in [5.41, 5.74) is 2.99. The van der Waals surface area contributed by atoms with Crippen molar-refractivity contribution in [3.05, 3.63) is 75.1 Å². The number of aliphatic hydroxyl groups is 1. The number of hydrogen-bond donors (Lipinski definition) is 1. The molecule has 0 spiro atoms. The molecule has 4 nitrogen and oxygen atoms in total. The van der Waals surface area contributed by atoms with E-state index in [2.05, 4.69) is 19.1 Å². The summed E-state index contributed by atoms with van der Waals surface area (Å²) in [4.78, 5) is 10.2. The van der Waals surface area contributed by atoms with Gasteiger partial charge in [-0.1, -0.05) is 50.5 Å². The maximum Gasteiger partial charge on any atom is 0.272 e. The molecule has 5 rings (SSSR count). The fourth-order valence-corrected chi connectivity index (χ4v) is 6.02. The zero-order valence-corrected chi connectivity index (χ0v) is 19.0. The predicted molar refractivity (Wildman–Crippen MR) is 124 cm³/mol. The Morgan fingerprint density at radius 3 is 2.25 bits per heavy atom. The Kier molecular flexibility index (Phi) is 6.66. The third kappa shape index (κ3) is 4.59. The van der Waals surface area contributed by atoms with Crippen molar-refractivity contribution in [3.63, 3.8) is 0 Å². The molecule has 172 valence electrons. The molecule has 3 fully saturated rings. The Morgan fingerprint density at radius 1 is 1.03 bits per heavy atom. The van der Waals surface area contributed by atoms with Crippen LogP contribution in [0.5, 0.6) is 0 Å². The van der Waals surface area contributed by atoms with E-state index < -0.39 is 16.8 Å². The lowest BCUT2D eigenvalue weighted by Crippen LogP contribution is -2.44. The van der Waals surface area contributed by atoms with E-state index in [0.29, 0.717) is 5.41 Å². The van der Waals surface area contributed by atoms with E-state index >= 15 is 0 Å². The van der Waals surface area contributed by atoms with E-state index in [1.807, 2.05) is 12.1 Å². The van der Waals surface area contributed by atoms with Gasteiger partial charge in [0.15, 0.2) is 0 Å². The van der Waals surface area contributed by atoms with Crippen molar-refractivity contribution < 1.29 is 14.4 Å². The number of nitro groups is 1. The Morgan fingerprint density at radius 2 is 1.69 bits per heavy atom. The summed E-state index contributed by atoms with van der Waals surface area (Å²) in [7, 11) is 0. The smallest absolute Gasteiger partial charge is 0.272 e. The molecule has 5 heteroatoms. The van der Waals surface area contributed by atoms with E-state index in [9.17, 15) is 19.6 Å². The first-order valence-corrected chi connectivity index (χ1v) is 12.1. The van der Waals surface area contributed by atoms with Crippen molar-refractivity contribution in [1.82, 2.24) is 0 Å². The van der Waals surface area contributed by atoms with Gasteiger partial charge >= 0.3 is 0 Å².